The Morgan fingerprint density at radius 1 is 1.08 bits per heavy atom. The fourth-order valence-corrected chi connectivity index (χ4v) is 3.18. The van der Waals surface area contributed by atoms with Gasteiger partial charge in [0.2, 0.25) is 0 Å². The fourth-order valence-electron chi connectivity index (χ4n) is 3.18. The van der Waals surface area contributed by atoms with Crippen molar-refractivity contribution in [1.29, 1.82) is 0 Å². The van der Waals surface area contributed by atoms with E-state index in [9.17, 15) is 9.59 Å². The first-order valence-electron chi connectivity index (χ1n) is 8.22. The summed E-state index contributed by atoms with van der Waals surface area (Å²) in [5.41, 5.74) is 2.16. The molecular formula is C18H18N4O3. The van der Waals surface area contributed by atoms with Crippen molar-refractivity contribution in [3.05, 3.63) is 48.3 Å². The number of amides is 2. The first-order valence-corrected chi connectivity index (χ1v) is 8.22. The molecule has 7 heteroatoms. The molecule has 0 saturated carbocycles. The molecule has 0 radical (unpaired) electrons. The van der Waals surface area contributed by atoms with Crippen molar-refractivity contribution in [2.24, 2.45) is 0 Å². The van der Waals surface area contributed by atoms with E-state index < -0.39 is 0 Å². The maximum atomic E-state index is 12.9. The second kappa shape index (κ2) is 6.43. The van der Waals surface area contributed by atoms with Gasteiger partial charge in [0.1, 0.15) is 0 Å². The van der Waals surface area contributed by atoms with E-state index in [0.717, 1.165) is 18.8 Å². The molecule has 1 saturated heterocycles. The summed E-state index contributed by atoms with van der Waals surface area (Å²) < 4.78 is 5.49. The summed E-state index contributed by atoms with van der Waals surface area (Å²) in [4.78, 5) is 32.4. The Morgan fingerprint density at radius 3 is 2.60 bits per heavy atom. The standard InChI is InChI=1S/C18H18N4O3/c23-16-12-25-17-14(2-1-3-15(17)20-16)18(24)22-10-8-21(9-11-22)13-4-6-19-7-5-13/h1-7H,8-12H2,(H,20,23). The number of hydrogen-bond acceptors (Lipinski definition) is 5. The van der Waals surface area contributed by atoms with Crippen LogP contribution in [0.5, 0.6) is 5.75 Å². The molecule has 2 aromatic rings. The zero-order valence-electron chi connectivity index (χ0n) is 13.6. The van der Waals surface area contributed by atoms with Crippen LogP contribution in [-0.2, 0) is 4.79 Å². The van der Waals surface area contributed by atoms with Gasteiger partial charge >= 0.3 is 0 Å². The zero-order valence-corrected chi connectivity index (χ0v) is 13.6. The van der Waals surface area contributed by atoms with Crippen LogP contribution in [0.2, 0.25) is 0 Å². The number of hydrogen-bond donors (Lipinski definition) is 1. The van der Waals surface area contributed by atoms with Gasteiger partial charge in [-0.15, -0.1) is 0 Å². The summed E-state index contributed by atoms with van der Waals surface area (Å²) in [6, 6.07) is 9.19. The number of para-hydroxylation sites is 1. The van der Waals surface area contributed by atoms with E-state index in [0.29, 0.717) is 30.1 Å². The van der Waals surface area contributed by atoms with Crippen LogP contribution in [0, 0.1) is 0 Å². The second-order valence-corrected chi connectivity index (χ2v) is 6.00. The van der Waals surface area contributed by atoms with Crippen LogP contribution in [0.1, 0.15) is 10.4 Å². The molecule has 0 atom stereocenters. The van der Waals surface area contributed by atoms with Gasteiger partial charge in [0.05, 0.1) is 11.3 Å². The average Bonchev–Trinajstić information content (AvgIpc) is 2.67. The number of anilines is 2. The first kappa shape index (κ1) is 15.4. The quantitative estimate of drug-likeness (QED) is 0.895. The monoisotopic (exact) mass is 338 g/mol. The number of aromatic nitrogens is 1. The van der Waals surface area contributed by atoms with E-state index in [-0.39, 0.29) is 18.4 Å². The molecule has 25 heavy (non-hydrogen) atoms. The lowest BCUT2D eigenvalue weighted by molar-refractivity contribution is -0.118. The lowest BCUT2D eigenvalue weighted by atomic mass is 10.1. The molecular weight excluding hydrogens is 320 g/mol. The Morgan fingerprint density at radius 2 is 1.84 bits per heavy atom. The third-order valence-corrected chi connectivity index (χ3v) is 4.46. The van der Waals surface area contributed by atoms with E-state index in [1.165, 1.54) is 0 Å². The Hall–Kier alpha value is -3.09. The molecule has 1 fully saturated rings. The number of piperazine rings is 1. The molecule has 3 heterocycles. The van der Waals surface area contributed by atoms with E-state index in [4.69, 9.17) is 4.74 Å². The number of fused-ring (bicyclic) bond motifs is 1. The van der Waals surface area contributed by atoms with Crippen LogP contribution in [0.3, 0.4) is 0 Å². The Bertz CT molecular complexity index is 801. The van der Waals surface area contributed by atoms with Crippen LogP contribution < -0.4 is 15.0 Å². The molecule has 4 rings (SSSR count). The number of rotatable bonds is 2. The largest absolute Gasteiger partial charge is 0.481 e. The van der Waals surface area contributed by atoms with E-state index in [2.05, 4.69) is 15.2 Å². The average molecular weight is 338 g/mol. The third-order valence-electron chi connectivity index (χ3n) is 4.46. The molecule has 0 aliphatic carbocycles. The smallest absolute Gasteiger partial charge is 0.262 e. The predicted octanol–water partition coefficient (Wildman–Crippen LogP) is 1.37. The van der Waals surface area contributed by atoms with Gasteiger partial charge in [-0.2, -0.15) is 0 Å². The third kappa shape index (κ3) is 3.00. The molecule has 1 aromatic carbocycles. The van der Waals surface area contributed by atoms with Crippen molar-refractivity contribution in [3.63, 3.8) is 0 Å². The number of pyridine rings is 1. The number of carbonyl (C=O) groups is 2. The van der Waals surface area contributed by atoms with E-state index in [1.54, 1.807) is 30.6 Å². The van der Waals surface area contributed by atoms with Gasteiger partial charge in [0.15, 0.2) is 12.4 Å². The minimum atomic E-state index is -0.205. The predicted molar refractivity (Wildman–Crippen MR) is 92.9 cm³/mol. The zero-order chi connectivity index (χ0) is 17.2. The van der Waals surface area contributed by atoms with Gasteiger partial charge in [-0.05, 0) is 24.3 Å². The Kier molecular flexibility index (Phi) is 3.97. The highest BCUT2D eigenvalue weighted by Gasteiger charge is 2.27. The van der Waals surface area contributed by atoms with Gasteiger partial charge in [0.25, 0.3) is 11.8 Å². The van der Waals surface area contributed by atoms with Crippen LogP contribution in [0.4, 0.5) is 11.4 Å². The Labute approximate surface area is 145 Å². The highest BCUT2D eigenvalue weighted by atomic mass is 16.5. The van der Waals surface area contributed by atoms with Gasteiger partial charge < -0.3 is 19.9 Å². The van der Waals surface area contributed by atoms with Crippen LogP contribution >= 0.6 is 0 Å². The highest BCUT2D eigenvalue weighted by Crippen LogP contribution is 2.32. The number of benzene rings is 1. The molecule has 2 aliphatic heterocycles. The number of nitrogens with zero attached hydrogens (tertiary/aromatic N) is 3. The topological polar surface area (TPSA) is 74.8 Å². The molecule has 0 bridgehead atoms. The van der Waals surface area contributed by atoms with E-state index >= 15 is 0 Å². The summed E-state index contributed by atoms with van der Waals surface area (Å²) in [6.07, 6.45) is 3.55. The lowest BCUT2D eigenvalue weighted by Gasteiger charge is -2.36. The van der Waals surface area contributed by atoms with Crippen molar-refractivity contribution in [3.8, 4) is 5.75 Å². The van der Waals surface area contributed by atoms with Crippen LogP contribution in [-0.4, -0.2) is 54.5 Å². The van der Waals surface area contributed by atoms with Crippen molar-refractivity contribution >= 4 is 23.2 Å². The van der Waals surface area contributed by atoms with Crippen LogP contribution in [0.15, 0.2) is 42.7 Å². The molecule has 1 N–H and O–H groups in total. The van der Waals surface area contributed by atoms with Gasteiger partial charge in [0, 0.05) is 44.3 Å². The Balaban J connectivity index is 1.48. The van der Waals surface area contributed by atoms with Crippen molar-refractivity contribution in [1.82, 2.24) is 9.88 Å². The first-order chi connectivity index (χ1) is 12.2. The summed E-state index contributed by atoms with van der Waals surface area (Å²) >= 11 is 0. The van der Waals surface area contributed by atoms with Crippen molar-refractivity contribution < 1.29 is 14.3 Å². The number of carbonyl (C=O) groups excluding carboxylic acids is 2. The SMILES string of the molecule is O=C1COc2c(cccc2C(=O)N2CCN(c3ccncc3)CC2)N1. The molecule has 1 aromatic heterocycles. The van der Waals surface area contributed by atoms with Crippen LogP contribution in [0.25, 0.3) is 0 Å². The highest BCUT2D eigenvalue weighted by molar-refractivity contribution is 6.03. The summed E-state index contributed by atoms with van der Waals surface area (Å²) in [5, 5.41) is 2.74. The second-order valence-electron chi connectivity index (χ2n) is 6.00. The van der Waals surface area contributed by atoms with Gasteiger partial charge in [-0.25, -0.2) is 0 Å². The minimum Gasteiger partial charge on any atom is -0.481 e. The molecule has 0 spiro atoms. The summed E-state index contributed by atoms with van der Waals surface area (Å²) in [6.45, 7) is 2.74. The summed E-state index contributed by atoms with van der Waals surface area (Å²) in [7, 11) is 0. The maximum Gasteiger partial charge on any atom is 0.262 e. The normalized spacial score (nSPS) is 16.7. The van der Waals surface area contributed by atoms with Gasteiger partial charge in [-0.1, -0.05) is 6.07 Å². The fraction of sp³-hybridized carbons (Fsp3) is 0.278. The maximum absolute atomic E-state index is 12.9. The van der Waals surface area contributed by atoms with E-state index in [1.807, 2.05) is 17.0 Å². The lowest BCUT2D eigenvalue weighted by Crippen LogP contribution is -2.49. The molecule has 2 aliphatic rings. The van der Waals surface area contributed by atoms with Crippen molar-refractivity contribution in [2.75, 3.05) is 43.0 Å². The number of nitrogens with one attached hydrogen (secondary N) is 1. The minimum absolute atomic E-state index is 0.0624. The molecule has 7 nitrogen and oxygen atoms in total. The molecule has 2 amide bonds. The summed E-state index contributed by atoms with van der Waals surface area (Å²) in [5.74, 6) is 0.189. The number of ether oxygens (including phenoxy) is 1. The van der Waals surface area contributed by atoms with Crippen molar-refractivity contribution in [2.45, 2.75) is 0 Å². The van der Waals surface area contributed by atoms with Gasteiger partial charge in [-0.3, -0.25) is 14.6 Å². The molecule has 0 unspecified atom stereocenters. The molecule has 128 valence electrons.